The fourth-order valence-corrected chi connectivity index (χ4v) is 3.14. The number of thiazole rings is 1. The minimum atomic E-state index is 0.116. The smallest absolute Gasteiger partial charge is 0.159 e. The summed E-state index contributed by atoms with van der Waals surface area (Å²) in [6, 6.07) is 14.3. The van der Waals surface area contributed by atoms with Gasteiger partial charge in [-0.1, -0.05) is 18.2 Å². The van der Waals surface area contributed by atoms with Crippen LogP contribution in [-0.2, 0) is 6.54 Å². The van der Waals surface area contributed by atoms with Crippen LogP contribution in [0.3, 0.4) is 0 Å². The molecule has 0 fully saturated rings. The third-order valence-corrected chi connectivity index (χ3v) is 4.36. The largest absolute Gasteiger partial charge is 0.341 e. The van der Waals surface area contributed by atoms with Gasteiger partial charge in [0, 0.05) is 45.5 Å². The molecule has 4 rings (SSSR count). The lowest BCUT2D eigenvalue weighted by Crippen LogP contribution is -1.94. The van der Waals surface area contributed by atoms with Crippen LogP contribution in [0.5, 0.6) is 0 Å². The molecule has 0 atom stereocenters. The number of Topliss-reactive ketones (excluding diaryl/α,β-unsaturated/α-hetero) is 1. The molecule has 0 saturated heterocycles. The number of aromatic nitrogens is 2. The topological polar surface area (TPSA) is 34.9 Å². The number of fused-ring (bicyclic) bond motifs is 3. The molecule has 116 valence electrons. The van der Waals surface area contributed by atoms with Gasteiger partial charge < -0.3 is 4.57 Å². The summed E-state index contributed by atoms with van der Waals surface area (Å²) in [5.74, 6) is 0.116. The van der Waals surface area contributed by atoms with Crippen molar-refractivity contribution in [3.8, 4) is 0 Å². The lowest BCUT2D eigenvalue weighted by atomic mass is 10.1. The Balaban J connectivity index is 0.000000267. The Morgan fingerprint density at radius 2 is 1.91 bits per heavy atom. The van der Waals surface area contributed by atoms with E-state index in [9.17, 15) is 4.79 Å². The summed E-state index contributed by atoms with van der Waals surface area (Å²) in [7, 11) is 0. The van der Waals surface area contributed by atoms with Crippen molar-refractivity contribution in [2.45, 2.75) is 20.4 Å². The van der Waals surface area contributed by atoms with Gasteiger partial charge in [0.2, 0.25) is 0 Å². The zero-order valence-electron chi connectivity index (χ0n) is 13.2. The van der Waals surface area contributed by atoms with Crippen LogP contribution in [-0.4, -0.2) is 15.3 Å². The van der Waals surface area contributed by atoms with E-state index < -0.39 is 0 Å². The number of carbonyl (C=O) groups excluding carboxylic acids is 1. The summed E-state index contributed by atoms with van der Waals surface area (Å²) >= 11 is 1.60. The molecule has 0 amide bonds. The maximum absolute atomic E-state index is 11.5. The van der Waals surface area contributed by atoms with Crippen LogP contribution in [0.25, 0.3) is 21.8 Å². The van der Waals surface area contributed by atoms with E-state index >= 15 is 0 Å². The van der Waals surface area contributed by atoms with E-state index in [1.807, 2.05) is 23.6 Å². The van der Waals surface area contributed by atoms with Gasteiger partial charge in [-0.25, -0.2) is 0 Å². The van der Waals surface area contributed by atoms with E-state index in [-0.39, 0.29) is 5.78 Å². The number of hydrogen-bond donors (Lipinski definition) is 0. The predicted molar refractivity (Wildman–Crippen MR) is 97.2 cm³/mol. The molecule has 0 radical (unpaired) electrons. The Bertz CT molecular complexity index is 922. The first-order chi connectivity index (χ1) is 11.2. The zero-order chi connectivity index (χ0) is 16.2. The first-order valence-corrected chi connectivity index (χ1v) is 8.50. The van der Waals surface area contributed by atoms with Crippen LogP contribution in [0, 0.1) is 0 Å². The van der Waals surface area contributed by atoms with Crippen LogP contribution in [0.15, 0.2) is 59.6 Å². The molecule has 3 nitrogen and oxygen atoms in total. The van der Waals surface area contributed by atoms with Crippen LogP contribution < -0.4 is 0 Å². The van der Waals surface area contributed by atoms with Crippen molar-refractivity contribution in [3.63, 3.8) is 0 Å². The fourth-order valence-electron chi connectivity index (χ4n) is 2.79. The zero-order valence-corrected chi connectivity index (χ0v) is 14.0. The maximum Gasteiger partial charge on any atom is 0.159 e. The fraction of sp³-hybridized carbons (Fsp3) is 0.158. The van der Waals surface area contributed by atoms with Gasteiger partial charge >= 0.3 is 0 Å². The molecular weight excluding hydrogens is 304 g/mol. The second-order valence-corrected chi connectivity index (χ2v) is 5.98. The van der Waals surface area contributed by atoms with Gasteiger partial charge in [0.1, 0.15) is 0 Å². The van der Waals surface area contributed by atoms with Crippen molar-refractivity contribution in [1.82, 2.24) is 9.55 Å². The summed E-state index contributed by atoms with van der Waals surface area (Å²) in [5.41, 5.74) is 5.00. The van der Waals surface area contributed by atoms with E-state index in [4.69, 9.17) is 0 Å². The average Bonchev–Trinajstić information content (AvgIpc) is 3.24. The number of benzene rings is 2. The number of ketones is 1. The van der Waals surface area contributed by atoms with Crippen molar-refractivity contribution >= 4 is 38.9 Å². The van der Waals surface area contributed by atoms with Crippen LogP contribution in [0.2, 0.25) is 0 Å². The summed E-state index contributed by atoms with van der Waals surface area (Å²) < 4.78 is 2.29. The standard InChI is InChI=1S/C16H15NO.C3H3NS/c1-3-17-15-7-5-4-6-13(15)14-10-12(11(2)18)8-9-16(14)17;1-2-5-3-4-1/h4-10H,3H2,1-2H3;1-3H. The summed E-state index contributed by atoms with van der Waals surface area (Å²) in [6.07, 6.45) is 1.77. The van der Waals surface area contributed by atoms with Crippen molar-refractivity contribution in [1.29, 1.82) is 0 Å². The third kappa shape index (κ3) is 3.03. The van der Waals surface area contributed by atoms with Gasteiger partial charge in [0.15, 0.2) is 5.78 Å². The highest BCUT2D eigenvalue weighted by Gasteiger charge is 2.10. The van der Waals surface area contributed by atoms with Crippen molar-refractivity contribution in [2.75, 3.05) is 0 Å². The summed E-state index contributed by atoms with van der Waals surface area (Å²) in [4.78, 5) is 15.2. The highest BCUT2D eigenvalue weighted by Crippen LogP contribution is 2.29. The number of para-hydroxylation sites is 1. The number of nitrogens with zero attached hydrogens (tertiary/aromatic N) is 2. The molecule has 0 aliphatic carbocycles. The number of rotatable bonds is 2. The molecule has 23 heavy (non-hydrogen) atoms. The Labute approximate surface area is 139 Å². The molecule has 4 aromatic rings. The number of carbonyl (C=O) groups is 1. The van der Waals surface area contributed by atoms with Crippen molar-refractivity contribution in [3.05, 3.63) is 65.1 Å². The first kappa shape index (κ1) is 15.4. The number of hydrogen-bond acceptors (Lipinski definition) is 3. The predicted octanol–water partition coefficient (Wildman–Crippen LogP) is 5.16. The molecular formula is C19H18N2OS. The maximum atomic E-state index is 11.5. The Hall–Kier alpha value is -2.46. The summed E-state index contributed by atoms with van der Waals surface area (Å²) in [6.45, 7) is 4.69. The van der Waals surface area contributed by atoms with E-state index in [1.165, 1.54) is 21.8 Å². The highest BCUT2D eigenvalue weighted by atomic mass is 32.1. The molecule has 0 spiro atoms. The van der Waals surface area contributed by atoms with Gasteiger partial charge in [0.05, 0.1) is 5.51 Å². The van der Waals surface area contributed by atoms with Gasteiger partial charge in [-0.15, -0.1) is 11.3 Å². The molecule has 2 aromatic heterocycles. The first-order valence-electron chi connectivity index (χ1n) is 7.56. The molecule has 0 saturated carbocycles. The van der Waals surface area contributed by atoms with Gasteiger partial charge in [-0.05, 0) is 38.1 Å². The van der Waals surface area contributed by atoms with Crippen molar-refractivity contribution < 1.29 is 4.79 Å². The van der Waals surface area contributed by atoms with E-state index in [2.05, 4.69) is 40.7 Å². The molecule has 2 heterocycles. The van der Waals surface area contributed by atoms with Gasteiger partial charge in [-0.2, -0.15) is 0 Å². The second kappa shape index (κ2) is 6.75. The quantitative estimate of drug-likeness (QED) is 0.478. The van der Waals surface area contributed by atoms with E-state index in [1.54, 1.807) is 30.0 Å². The summed E-state index contributed by atoms with van der Waals surface area (Å²) in [5, 5.41) is 4.32. The minimum Gasteiger partial charge on any atom is -0.341 e. The minimum absolute atomic E-state index is 0.116. The SMILES string of the molecule is CCn1c2ccccc2c2cc(C(C)=O)ccc21.c1cscn1. The highest BCUT2D eigenvalue weighted by molar-refractivity contribution is 7.07. The van der Waals surface area contributed by atoms with Gasteiger partial charge in [0.25, 0.3) is 0 Å². The molecule has 0 N–H and O–H groups in total. The third-order valence-electron chi connectivity index (χ3n) is 3.84. The number of aryl methyl sites for hydroxylation is 1. The molecule has 0 bridgehead atoms. The molecule has 0 aliphatic rings. The van der Waals surface area contributed by atoms with E-state index in [0.717, 1.165) is 12.1 Å². The molecule has 0 aliphatic heterocycles. The molecule has 4 heteroatoms. The second-order valence-electron chi connectivity index (χ2n) is 5.23. The molecule has 2 aromatic carbocycles. The monoisotopic (exact) mass is 322 g/mol. The lowest BCUT2D eigenvalue weighted by molar-refractivity contribution is 0.101. The van der Waals surface area contributed by atoms with Crippen LogP contribution in [0.4, 0.5) is 0 Å². The normalized spacial score (nSPS) is 10.5. The Morgan fingerprint density at radius 3 is 2.52 bits per heavy atom. The van der Waals surface area contributed by atoms with Gasteiger partial charge in [-0.3, -0.25) is 9.78 Å². The Kier molecular flexibility index (Phi) is 4.53. The lowest BCUT2D eigenvalue weighted by Gasteiger charge is -2.02. The molecule has 0 unspecified atom stereocenters. The average molecular weight is 322 g/mol. The van der Waals surface area contributed by atoms with Crippen LogP contribution >= 0.6 is 11.3 Å². The van der Waals surface area contributed by atoms with Crippen LogP contribution in [0.1, 0.15) is 24.2 Å². The van der Waals surface area contributed by atoms with Crippen molar-refractivity contribution in [2.24, 2.45) is 0 Å². The van der Waals surface area contributed by atoms with E-state index in [0.29, 0.717) is 0 Å². The Morgan fingerprint density at radius 1 is 1.13 bits per heavy atom.